The molecule has 1 aliphatic rings. The van der Waals surface area contributed by atoms with Crippen LogP contribution < -0.4 is 4.74 Å². The number of nitrogens with zero attached hydrogens (tertiary/aromatic N) is 3. The molecule has 1 aromatic heterocycles. The molecule has 9 heteroatoms. The third-order valence-corrected chi connectivity index (χ3v) is 5.72. The van der Waals surface area contributed by atoms with Crippen LogP contribution in [0.4, 0.5) is 0 Å². The minimum Gasteiger partial charge on any atom is -0.497 e. The number of methoxy groups -OCH3 is 1. The Morgan fingerprint density at radius 1 is 1.21 bits per heavy atom. The maximum atomic E-state index is 12.9. The summed E-state index contributed by atoms with van der Waals surface area (Å²) in [6.07, 6.45) is 2.90. The molecule has 1 N–H and O–H groups in total. The number of hydrogen-bond acceptors (Lipinski definition) is 6. The van der Waals surface area contributed by atoms with Crippen molar-refractivity contribution in [1.29, 1.82) is 0 Å². The SMILES string of the molecule is COc1ccc(S(=O)(=O)N2Cc3nccnc3C[C@@H]2C(=O)O)cc1. The van der Waals surface area contributed by atoms with Gasteiger partial charge in [0.1, 0.15) is 11.8 Å². The second-order valence-electron chi connectivity index (χ2n) is 5.23. The highest BCUT2D eigenvalue weighted by atomic mass is 32.2. The van der Waals surface area contributed by atoms with E-state index in [4.69, 9.17) is 4.74 Å². The van der Waals surface area contributed by atoms with Crippen LogP contribution in [0.15, 0.2) is 41.6 Å². The molecule has 0 saturated carbocycles. The summed E-state index contributed by atoms with van der Waals surface area (Å²) in [7, 11) is -2.52. The number of ether oxygens (including phenoxy) is 1. The first-order valence-corrected chi connectivity index (χ1v) is 8.55. The van der Waals surface area contributed by atoms with Gasteiger partial charge in [0.25, 0.3) is 0 Å². The summed E-state index contributed by atoms with van der Waals surface area (Å²) in [6, 6.07) is 4.58. The lowest BCUT2D eigenvalue weighted by Gasteiger charge is -2.32. The maximum absolute atomic E-state index is 12.9. The van der Waals surface area contributed by atoms with E-state index in [-0.39, 0.29) is 17.9 Å². The molecule has 0 fully saturated rings. The molecule has 0 unspecified atom stereocenters. The number of aromatic nitrogens is 2. The molecule has 0 spiro atoms. The van der Waals surface area contributed by atoms with Crippen molar-refractivity contribution in [3.05, 3.63) is 48.0 Å². The van der Waals surface area contributed by atoms with Crippen molar-refractivity contribution in [2.75, 3.05) is 7.11 Å². The van der Waals surface area contributed by atoms with Crippen molar-refractivity contribution in [3.8, 4) is 5.75 Å². The third kappa shape index (κ3) is 2.83. The number of rotatable bonds is 4. The zero-order valence-corrected chi connectivity index (χ0v) is 13.6. The van der Waals surface area contributed by atoms with Crippen molar-refractivity contribution in [1.82, 2.24) is 14.3 Å². The first kappa shape index (κ1) is 16.3. The monoisotopic (exact) mass is 349 g/mol. The molecule has 0 saturated heterocycles. The molecule has 1 aliphatic heterocycles. The van der Waals surface area contributed by atoms with E-state index in [1.165, 1.54) is 43.8 Å². The van der Waals surface area contributed by atoms with Gasteiger partial charge >= 0.3 is 5.97 Å². The van der Waals surface area contributed by atoms with E-state index in [0.717, 1.165) is 4.31 Å². The molecule has 0 amide bonds. The Labute approximate surface area is 138 Å². The maximum Gasteiger partial charge on any atom is 0.322 e. The highest BCUT2D eigenvalue weighted by molar-refractivity contribution is 7.89. The molecule has 1 aromatic carbocycles. The highest BCUT2D eigenvalue weighted by Gasteiger charge is 2.40. The Balaban J connectivity index is 2.02. The summed E-state index contributed by atoms with van der Waals surface area (Å²) in [6.45, 7) is -0.130. The molecule has 0 bridgehead atoms. The predicted octanol–water partition coefficient (Wildman–Crippen LogP) is 0.685. The number of fused-ring (bicyclic) bond motifs is 1. The van der Waals surface area contributed by atoms with Gasteiger partial charge in [-0.3, -0.25) is 14.8 Å². The fraction of sp³-hybridized carbons (Fsp3) is 0.267. The quantitative estimate of drug-likeness (QED) is 0.864. The molecule has 2 heterocycles. The molecule has 0 radical (unpaired) electrons. The van der Waals surface area contributed by atoms with Crippen LogP contribution in [-0.4, -0.2) is 46.9 Å². The van der Waals surface area contributed by atoms with Gasteiger partial charge in [0.15, 0.2) is 0 Å². The molecular formula is C15H15N3O5S. The summed E-state index contributed by atoms with van der Waals surface area (Å²) in [5.41, 5.74) is 0.971. The Kier molecular flexibility index (Phi) is 4.20. The van der Waals surface area contributed by atoms with Gasteiger partial charge in [-0.25, -0.2) is 8.42 Å². The standard InChI is InChI=1S/C15H15N3O5S/c1-23-10-2-4-11(5-3-10)24(21,22)18-9-13-12(16-6-7-17-13)8-14(18)15(19)20/h2-7,14H,8-9H2,1H3,(H,19,20)/t14-/m1/s1. The molecule has 126 valence electrons. The number of sulfonamides is 1. The van der Waals surface area contributed by atoms with Crippen LogP contribution in [0.25, 0.3) is 0 Å². The number of benzene rings is 1. The Hall–Kier alpha value is -2.52. The van der Waals surface area contributed by atoms with Gasteiger partial charge in [-0.05, 0) is 24.3 Å². The van der Waals surface area contributed by atoms with E-state index < -0.39 is 22.0 Å². The van der Waals surface area contributed by atoms with Gasteiger partial charge in [0.05, 0.1) is 29.9 Å². The normalized spacial score (nSPS) is 18.0. The Morgan fingerprint density at radius 3 is 2.42 bits per heavy atom. The second-order valence-corrected chi connectivity index (χ2v) is 7.12. The summed E-state index contributed by atoms with van der Waals surface area (Å²) in [5, 5.41) is 9.45. The summed E-state index contributed by atoms with van der Waals surface area (Å²) in [4.78, 5) is 19.8. The second kappa shape index (κ2) is 6.17. The molecule has 0 aliphatic carbocycles. The van der Waals surface area contributed by atoms with E-state index in [1.807, 2.05) is 0 Å². The third-order valence-electron chi connectivity index (χ3n) is 3.85. The van der Waals surface area contributed by atoms with Crippen LogP contribution >= 0.6 is 0 Å². The van der Waals surface area contributed by atoms with Crippen LogP contribution in [0.2, 0.25) is 0 Å². The zero-order chi connectivity index (χ0) is 17.3. The largest absolute Gasteiger partial charge is 0.497 e. The van der Waals surface area contributed by atoms with Gasteiger partial charge in [-0.1, -0.05) is 0 Å². The number of carboxylic acid groups (broad SMARTS) is 1. The minimum atomic E-state index is -3.99. The molecule has 8 nitrogen and oxygen atoms in total. The van der Waals surface area contributed by atoms with E-state index in [1.54, 1.807) is 0 Å². The van der Waals surface area contributed by atoms with Gasteiger partial charge < -0.3 is 9.84 Å². The zero-order valence-electron chi connectivity index (χ0n) is 12.8. The molecule has 2 aromatic rings. The highest BCUT2D eigenvalue weighted by Crippen LogP contribution is 2.28. The summed E-state index contributed by atoms with van der Waals surface area (Å²) >= 11 is 0. The Bertz CT molecular complexity index is 867. The van der Waals surface area contributed by atoms with Gasteiger partial charge in [0.2, 0.25) is 10.0 Å². The van der Waals surface area contributed by atoms with E-state index in [0.29, 0.717) is 17.1 Å². The van der Waals surface area contributed by atoms with Gasteiger partial charge in [-0.15, -0.1) is 0 Å². The smallest absolute Gasteiger partial charge is 0.322 e. The Morgan fingerprint density at radius 2 is 1.83 bits per heavy atom. The van der Waals surface area contributed by atoms with Gasteiger partial charge in [-0.2, -0.15) is 4.31 Å². The first-order valence-electron chi connectivity index (χ1n) is 7.11. The number of aliphatic carboxylic acids is 1. The minimum absolute atomic E-state index is 0.00175. The average molecular weight is 349 g/mol. The fourth-order valence-electron chi connectivity index (χ4n) is 2.59. The van der Waals surface area contributed by atoms with E-state index >= 15 is 0 Å². The van der Waals surface area contributed by atoms with Crippen LogP contribution in [0.3, 0.4) is 0 Å². The lowest BCUT2D eigenvalue weighted by atomic mass is 10.1. The molecular weight excluding hydrogens is 334 g/mol. The fourth-order valence-corrected chi connectivity index (χ4v) is 4.13. The lowest BCUT2D eigenvalue weighted by molar-refractivity contribution is -0.141. The van der Waals surface area contributed by atoms with Crippen LogP contribution in [0.5, 0.6) is 5.75 Å². The molecule has 1 atom stereocenters. The molecule has 3 rings (SSSR count). The van der Waals surface area contributed by atoms with Crippen LogP contribution in [-0.2, 0) is 27.8 Å². The van der Waals surface area contributed by atoms with Crippen LogP contribution in [0, 0.1) is 0 Å². The average Bonchev–Trinajstić information content (AvgIpc) is 2.60. The first-order chi connectivity index (χ1) is 11.4. The van der Waals surface area contributed by atoms with E-state index in [9.17, 15) is 18.3 Å². The van der Waals surface area contributed by atoms with Crippen molar-refractivity contribution in [2.24, 2.45) is 0 Å². The predicted molar refractivity (Wildman–Crippen MR) is 82.9 cm³/mol. The number of hydrogen-bond donors (Lipinski definition) is 1. The topological polar surface area (TPSA) is 110 Å². The van der Waals surface area contributed by atoms with Crippen molar-refractivity contribution in [2.45, 2.75) is 23.9 Å². The van der Waals surface area contributed by atoms with E-state index in [2.05, 4.69) is 9.97 Å². The number of carboxylic acids is 1. The van der Waals surface area contributed by atoms with Crippen molar-refractivity contribution >= 4 is 16.0 Å². The van der Waals surface area contributed by atoms with Crippen molar-refractivity contribution in [3.63, 3.8) is 0 Å². The number of carbonyl (C=O) groups is 1. The van der Waals surface area contributed by atoms with Crippen molar-refractivity contribution < 1.29 is 23.1 Å². The summed E-state index contributed by atoms with van der Waals surface area (Å²) in [5.74, 6) is -0.706. The van der Waals surface area contributed by atoms with Gasteiger partial charge in [0, 0.05) is 18.8 Å². The summed E-state index contributed by atoms with van der Waals surface area (Å²) < 4.78 is 31.7. The lowest BCUT2D eigenvalue weighted by Crippen LogP contribution is -2.49. The molecule has 24 heavy (non-hydrogen) atoms. The van der Waals surface area contributed by atoms with Crippen LogP contribution in [0.1, 0.15) is 11.4 Å².